The van der Waals surface area contributed by atoms with Crippen molar-refractivity contribution in [1.29, 1.82) is 0 Å². The molecule has 176 valence electrons. The van der Waals surface area contributed by atoms with Crippen molar-refractivity contribution in [3.63, 3.8) is 0 Å². The number of nitrogens with zero attached hydrogens (tertiary/aromatic N) is 6. The molecule has 34 heavy (non-hydrogen) atoms. The van der Waals surface area contributed by atoms with E-state index in [0.717, 1.165) is 54.1 Å². The Morgan fingerprint density at radius 2 is 1.88 bits per heavy atom. The average molecular weight is 479 g/mol. The van der Waals surface area contributed by atoms with E-state index in [1.54, 1.807) is 12.1 Å². The highest BCUT2D eigenvalue weighted by Gasteiger charge is 2.28. The van der Waals surface area contributed by atoms with Crippen LogP contribution in [0.15, 0.2) is 41.0 Å². The first kappa shape index (κ1) is 21.4. The summed E-state index contributed by atoms with van der Waals surface area (Å²) in [6.45, 7) is 2.73. The predicted molar refractivity (Wildman–Crippen MR) is 131 cm³/mol. The number of hydrogen-bond acceptors (Lipinski definition) is 6. The van der Waals surface area contributed by atoms with Crippen molar-refractivity contribution in [3.8, 4) is 0 Å². The minimum absolute atomic E-state index is 0.0672. The van der Waals surface area contributed by atoms with Gasteiger partial charge in [0, 0.05) is 42.5 Å². The molecule has 0 N–H and O–H groups in total. The molecule has 1 aliphatic heterocycles. The molecule has 0 atom stereocenters. The topological polar surface area (TPSA) is 79.8 Å². The lowest BCUT2D eigenvalue weighted by Gasteiger charge is -2.26. The summed E-state index contributed by atoms with van der Waals surface area (Å²) in [4.78, 5) is 22.1. The summed E-state index contributed by atoms with van der Waals surface area (Å²) in [5, 5.41) is 10.9. The zero-order valence-corrected chi connectivity index (χ0v) is 19.7. The maximum atomic E-state index is 12.9. The molecule has 1 aromatic carbocycles. The van der Waals surface area contributed by atoms with Crippen molar-refractivity contribution in [3.05, 3.63) is 53.2 Å². The van der Waals surface area contributed by atoms with Crippen LogP contribution in [-0.2, 0) is 0 Å². The number of carbonyl (C=O) groups excluding carboxylic acids is 1. The van der Waals surface area contributed by atoms with Gasteiger partial charge in [-0.05, 0) is 49.6 Å². The van der Waals surface area contributed by atoms with Crippen molar-refractivity contribution in [2.45, 2.75) is 44.4 Å². The minimum Gasteiger partial charge on any atom is -0.459 e. The zero-order chi connectivity index (χ0) is 23.1. The number of rotatable bonds is 3. The second-order valence-corrected chi connectivity index (χ2v) is 9.67. The van der Waals surface area contributed by atoms with Gasteiger partial charge in [0.25, 0.3) is 5.91 Å². The smallest absolute Gasteiger partial charge is 0.289 e. The van der Waals surface area contributed by atoms with Crippen LogP contribution in [0, 0.1) is 0 Å². The third kappa shape index (κ3) is 3.79. The Kier molecular flexibility index (Phi) is 5.61. The minimum atomic E-state index is -0.0672. The summed E-state index contributed by atoms with van der Waals surface area (Å²) in [5.41, 5.74) is 1.63. The van der Waals surface area contributed by atoms with E-state index in [1.165, 1.54) is 25.5 Å². The number of carbonyl (C=O) groups is 1. The van der Waals surface area contributed by atoms with Crippen LogP contribution in [0.4, 0.5) is 5.95 Å². The van der Waals surface area contributed by atoms with Gasteiger partial charge in [0.05, 0.1) is 11.8 Å². The van der Waals surface area contributed by atoms with E-state index in [1.807, 2.05) is 23.1 Å². The van der Waals surface area contributed by atoms with Gasteiger partial charge in [0.15, 0.2) is 11.4 Å². The van der Waals surface area contributed by atoms with Crippen LogP contribution in [0.2, 0.25) is 5.02 Å². The summed E-state index contributed by atoms with van der Waals surface area (Å²) in [6, 6.07) is 9.22. The van der Waals surface area contributed by atoms with Crippen molar-refractivity contribution >= 4 is 40.0 Å². The van der Waals surface area contributed by atoms with E-state index in [2.05, 4.69) is 19.5 Å². The molecular formula is C25H27ClN6O2. The first-order valence-corrected chi connectivity index (χ1v) is 12.5. The summed E-state index contributed by atoms with van der Waals surface area (Å²) < 4.78 is 7.50. The van der Waals surface area contributed by atoms with Gasteiger partial charge in [-0.2, -0.15) is 0 Å². The zero-order valence-electron chi connectivity index (χ0n) is 19.0. The molecule has 8 nitrogen and oxygen atoms in total. The fraction of sp³-hybridized carbons (Fsp3) is 0.440. The van der Waals surface area contributed by atoms with Gasteiger partial charge in [-0.3, -0.25) is 4.79 Å². The number of fused-ring (bicyclic) bond motifs is 3. The number of hydrogen-bond donors (Lipinski definition) is 0. The molecule has 2 aliphatic rings. The molecule has 6 rings (SSSR count). The third-order valence-electron chi connectivity index (χ3n) is 7.08. The van der Waals surface area contributed by atoms with E-state index >= 15 is 0 Å². The van der Waals surface area contributed by atoms with Gasteiger partial charge in [-0.15, -0.1) is 10.2 Å². The Morgan fingerprint density at radius 1 is 1.00 bits per heavy atom. The highest BCUT2D eigenvalue weighted by Crippen LogP contribution is 2.35. The predicted octanol–water partition coefficient (Wildman–Crippen LogP) is 4.92. The lowest BCUT2D eigenvalue weighted by molar-refractivity contribution is 0.0735. The molecule has 4 aromatic rings. The Bertz CT molecular complexity index is 1330. The van der Waals surface area contributed by atoms with Gasteiger partial charge in [0.1, 0.15) is 5.82 Å². The second kappa shape index (κ2) is 8.91. The van der Waals surface area contributed by atoms with E-state index in [9.17, 15) is 4.79 Å². The van der Waals surface area contributed by atoms with Gasteiger partial charge in [-0.25, -0.2) is 9.38 Å². The molecule has 4 heterocycles. The fourth-order valence-electron chi connectivity index (χ4n) is 5.33. The summed E-state index contributed by atoms with van der Waals surface area (Å²) in [7, 11) is 0. The van der Waals surface area contributed by atoms with Crippen LogP contribution in [0.3, 0.4) is 0 Å². The van der Waals surface area contributed by atoms with E-state index in [-0.39, 0.29) is 5.91 Å². The average Bonchev–Trinajstić information content (AvgIpc) is 3.49. The van der Waals surface area contributed by atoms with Crippen LogP contribution in [0.5, 0.6) is 0 Å². The normalized spacial score (nSPS) is 18.0. The maximum Gasteiger partial charge on any atom is 0.289 e. The largest absolute Gasteiger partial charge is 0.459 e. The molecule has 1 aliphatic carbocycles. The number of amides is 1. The Morgan fingerprint density at radius 3 is 2.71 bits per heavy atom. The molecule has 0 radical (unpaired) electrons. The molecule has 1 amide bonds. The summed E-state index contributed by atoms with van der Waals surface area (Å²) >= 11 is 6.31. The Hall–Kier alpha value is -3.13. The van der Waals surface area contributed by atoms with Gasteiger partial charge in [-0.1, -0.05) is 30.9 Å². The van der Waals surface area contributed by atoms with Gasteiger partial charge in [0.2, 0.25) is 5.95 Å². The number of halogens is 1. The van der Waals surface area contributed by atoms with Crippen LogP contribution in [0.1, 0.15) is 60.8 Å². The SMILES string of the molecule is O=C(c1ccco1)N1CCCN(c2nc3cc(Cl)ccc3c3nnc(C4CCCCC4)n23)CC1. The van der Waals surface area contributed by atoms with Crippen LogP contribution >= 0.6 is 11.6 Å². The van der Waals surface area contributed by atoms with Crippen LogP contribution in [0.25, 0.3) is 16.6 Å². The molecule has 0 bridgehead atoms. The molecular weight excluding hydrogens is 452 g/mol. The summed E-state index contributed by atoms with van der Waals surface area (Å²) in [5.74, 6) is 2.54. The highest BCUT2D eigenvalue weighted by atomic mass is 35.5. The molecule has 3 aromatic heterocycles. The second-order valence-electron chi connectivity index (χ2n) is 9.24. The Balaban J connectivity index is 1.40. The number of anilines is 1. The van der Waals surface area contributed by atoms with Crippen LogP contribution in [-0.4, -0.2) is 56.6 Å². The number of benzene rings is 1. The maximum absolute atomic E-state index is 12.9. The molecule has 0 spiro atoms. The van der Waals surface area contributed by atoms with Crippen molar-refractivity contribution in [2.24, 2.45) is 0 Å². The monoisotopic (exact) mass is 478 g/mol. The first-order valence-electron chi connectivity index (χ1n) is 12.1. The van der Waals surface area contributed by atoms with Crippen molar-refractivity contribution in [2.75, 3.05) is 31.1 Å². The van der Waals surface area contributed by atoms with Crippen molar-refractivity contribution < 1.29 is 9.21 Å². The highest BCUT2D eigenvalue weighted by molar-refractivity contribution is 6.31. The molecule has 9 heteroatoms. The van der Waals surface area contributed by atoms with E-state index in [0.29, 0.717) is 36.3 Å². The molecule has 1 saturated carbocycles. The van der Waals surface area contributed by atoms with Gasteiger partial charge >= 0.3 is 0 Å². The quantitative estimate of drug-likeness (QED) is 0.415. The van der Waals surface area contributed by atoms with E-state index in [4.69, 9.17) is 21.0 Å². The number of furan rings is 1. The standard InChI is InChI=1S/C25H27ClN6O2/c26-18-9-10-19-20(16-18)27-25(32-22(28-29-23(19)32)17-6-2-1-3-7-17)31-12-5-11-30(13-14-31)24(33)21-8-4-15-34-21/h4,8-10,15-17H,1-3,5-7,11-14H2. The lowest BCUT2D eigenvalue weighted by Crippen LogP contribution is -2.35. The molecule has 1 saturated heterocycles. The first-order chi connectivity index (χ1) is 16.7. The lowest BCUT2D eigenvalue weighted by atomic mass is 9.89. The fourth-order valence-corrected chi connectivity index (χ4v) is 5.49. The summed E-state index contributed by atoms with van der Waals surface area (Å²) in [6.07, 6.45) is 8.36. The Labute approximate surface area is 202 Å². The van der Waals surface area contributed by atoms with Gasteiger partial charge < -0.3 is 14.2 Å². The molecule has 2 fully saturated rings. The number of aromatic nitrogens is 4. The molecule has 0 unspecified atom stereocenters. The third-order valence-corrected chi connectivity index (χ3v) is 7.31. The van der Waals surface area contributed by atoms with Crippen LogP contribution < -0.4 is 4.90 Å². The van der Waals surface area contributed by atoms with E-state index < -0.39 is 0 Å². The van der Waals surface area contributed by atoms with Crippen molar-refractivity contribution in [1.82, 2.24) is 24.5 Å².